The van der Waals surface area contributed by atoms with E-state index in [0.717, 1.165) is 16.5 Å². The van der Waals surface area contributed by atoms with Crippen molar-refractivity contribution >= 4 is 11.0 Å². The van der Waals surface area contributed by atoms with Crippen molar-refractivity contribution in [2.45, 2.75) is 18.6 Å². The Morgan fingerprint density at radius 3 is 2.82 bits per heavy atom. The van der Waals surface area contributed by atoms with Gasteiger partial charge in [0.25, 0.3) is 0 Å². The molecule has 0 saturated heterocycles. The standard InChI is InChI=1S/C13H17NO3/c1-13(16,12(8-15)14-2)10-3-4-11-9(7-10)5-6-17-11/h3-7,12,14-16H,8H2,1-2H3. The van der Waals surface area contributed by atoms with E-state index >= 15 is 0 Å². The molecule has 0 aliphatic heterocycles. The number of hydrogen-bond donors (Lipinski definition) is 3. The zero-order chi connectivity index (χ0) is 12.5. The third-order valence-electron chi connectivity index (χ3n) is 3.25. The van der Waals surface area contributed by atoms with Crippen LogP contribution in [0.3, 0.4) is 0 Å². The molecule has 2 atom stereocenters. The number of benzene rings is 1. The van der Waals surface area contributed by atoms with Gasteiger partial charge in [-0.05, 0) is 37.7 Å². The molecule has 2 aromatic rings. The first kappa shape index (κ1) is 12.1. The molecule has 0 amide bonds. The van der Waals surface area contributed by atoms with Crippen LogP contribution in [0.15, 0.2) is 34.9 Å². The van der Waals surface area contributed by atoms with Crippen LogP contribution < -0.4 is 5.32 Å². The lowest BCUT2D eigenvalue weighted by Gasteiger charge is -2.32. The summed E-state index contributed by atoms with van der Waals surface area (Å²) in [5.74, 6) is 0. The molecule has 0 fully saturated rings. The Hall–Kier alpha value is -1.36. The van der Waals surface area contributed by atoms with E-state index in [0.29, 0.717) is 0 Å². The van der Waals surface area contributed by atoms with Crippen molar-refractivity contribution in [2.24, 2.45) is 0 Å². The number of nitrogens with one attached hydrogen (secondary N) is 1. The number of rotatable bonds is 4. The summed E-state index contributed by atoms with van der Waals surface area (Å²) in [4.78, 5) is 0. The molecule has 2 unspecified atom stereocenters. The molecule has 2 rings (SSSR count). The molecule has 0 aliphatic carbocycles. The molecule has 0 spiro atoms. The molecule has 17 heavy (non-hydrogen) atoms. The Morgan fingerprint density at radius 1 is 1.41 bits per heavy atom. The maximum absolute atomic E-state index is 10.5. The monoisotopic (exact) mass is 235 g/mol. The van der Waals surface area contributed by atoms with Gasteiger partial charge >= 0.3 is 0 Å². The van der Waals surface area contributed by atoms with E-state index in [2.05, 4.69) is 5.32 Å². The van der Waals surface area contributed by atoms with E-state index < -0.39 is 11.6 Å². The summed E-state index contributed by atoms with van der Waals surface area (Å²) in [5, 5.41) is 23.6. The number of hydrogen-bond acceptors (Lipinski definition) is 4. The Kier molecular flexibility index (Phi) is 3.19. The maximum Gasteiger partial charge on any atom is 0.133 e. The second-order valence-corrected chi connectivity index (χ2v) is 4.34. The number of likely N-dealkylation sites (N-methyl/N-ethyl adjacent to an activating group) is 1. The van der Waals surface area contributed by atoms with Gasteiger partial charge in [-0.15, -0.1) is 0 Å². The smallest absolute Gasteiger partial charge is 0.133 e. The van der Waals surface area contributed by atoms with Crippen LogP contribution in [0, 0.1) is 0 Å². The number of aliphatic hydroxyl groups excluding tert-OH is 1. The van der Waals surface area contributed by atoms with Gasteiger partial charge in [0.1, 0.15) is 11.2 Å². The highest BCUT2D eigenvalue weighted by atomic mass is 16.3. The molecule has 1 aromatic carbocycles. The van der Waals surface area contributed by atoms with Gasteiger partial charge in [0.15, 0.2) is 0 Å². The minimum absolute atomic E-state index is 0.132. The fraction of sp³-hybridized carbons (Fsp3) is 0.385. The SMILES string of the molecule is CNC(CO)C(C)(O)c1ccc2occc2c1. The van der Waals surface area contributed by atoms with Crippen molar-refractivity contribution in [3.05, 3.63) is 36.1 Å². The van der Waals surface area contributed by atoms with E-state index in [9.17, 15) is 10.2 Å². The Morgan fingerprint density at radius 2 is 2.18 bits per heavy atom. The average Bonchev–Trinajstić information content (AvgIpc) is 2.77. The number of furan rings is 1. The van der Waals surface area contributed by atoms with Crippen LogP contribution in [-0.2, 0) is 5.60 Å². The first-order valence-corrected chi connectivity index (χ1v) is 5.58. The van der Waals surface area contributed by atoms with E-state index in [1.807, 2.05) is 24.3 Å². The molecular formula is C13H17NO3. The molecule has 1 aromatic heterocycles. The second-order valence-electron chi connectivity index (χ2n) is 4.34. The predicted octanol–water partition coefficient (Wildman–Crippen LogP) is 1.22. The predicted molar refractivity (Wildman–Crippen MR) is 65.7 cm³/mol. The Balaban J connectivity index is 2.43. The summed E-state index contributed by atoms with van der Waals surface area (Å²) in [5.41, 5.74) is 0.406. The van der Waals surface area contributed by atoms with Crippen LogP contribution in [0.2, 0.25) is 0 Å². The van der Waals surface area contributed by atoms with Crippen molar-refractivity contribution in [3.63, 3.8) is 0 Å². The normalized spacial score (nSPS) is 16.9. The lowest BCUT2D eigenvalue weighted by molar-refractivity contribution is -0.00288. The zero-order valence-corrected chi connectivity index (χ0v) is 9.97. The van der Waals surface area contributed by atoms with Crippen molar-refractivity contribution in [1.29, 1.82) is 0 Å². The molecule has 0 bridgehead atoms. The second kappa shape index (κ2) is 4.49. The summed E-state index contributed by atoms with van der Waals surface area (Å²) < 4.78 is 5.25. The van der Waals surface area contributed by atoms with Crippen LogP contribution in [0.5, 0.6) is 0 Å². The Labute approximate surface area is 99.9 Å². The zero-order valence-electron chi connectivity index (χ0n) is 9.97. The van der Waals surface area contributed by atoms with Gasteiger partial charge in [0.05, 0.1) is 18.9 Å². The van der Waals surface area contributed by atoms with E-state index in [1.165, 1.54) is 0 Å². The topological polar surface area (TPSA) is 65.6 Å². The number of aliphatic hydroxyl groups is 2. The highest BCUT2D eigenvalue weighted by Gasteiger charge is 2.32. The third-order valence-corrected chi connectivity index (χ3v) is 3.25. The fourth-order valence-electron chi connectivity index (χ4n) is 2.03. The maximum atomic E-state index is 10.5. The minimum atomic E-state index is -1.13. The average molecular weight is 235 g/mol. The van der Waals surface area contributed by atoms with Crippen molar-refractivity contribution in [1.82, 2.24) is 5.32 Å². The van der Waals surface area contributed by atoms with Gasteiger partial charge in [0.2, 0.25) is 0 Å². The van der Waals surface area contributed by atoms with Gasteiger partial charge in [-0.1, -0.05) is 6.07 Å². The van der Waals surface area contributed by atoms with Crippen molar-refractivity contribution in [2.75, 3.05) is 13.7 Å². The molecule has 1 heterocycles. The molecule has 0 aliphatic rings. The summed E-state index contributed by atoms with van der Waals surface area (Å²) >= 11 is 0. The molecule has 0 saturated carbocycles. The van der Waals surface area contributed by atoms with Crippen LogP contribution in [0.4, 0.5) is 0 Å². The van der Waals surface area contributed by atoms with Gasteiger partial charge in [0, 0.05) is 5.39 Å². The largest absolute Gasteiger partial charge is 0.464 e. The van der Waals surface area contributed by atoms with Crippen LogP contribution in [0.25, 0.3) is 11.0 Å². The Bertz CT molecular complexity index is 500. The lowest BCUT2D eigenvalue weighted by Crippen LogP contribution is -2.47. The van der Waals surface area contributed by atoms with E-state index in [1.54, 1.807) is 20.2 Å². The summed E-state index contributed by atoms with van der Waals surface area (Å²) in [6.45, 7) is 1.55. The molecule has 4 nitrogen and oxygen atoms in total. The van der Waals surface area contributed by atoms with Crippen molar-refractivity contribution in [3.8, 4) is 0 Å². The molecule has 4 heteroatoms. The van der Waals surface area contributed by atoms with E-state index in [-0.39, 0.29) is 6.61 Å². The summed E-state index contributed by atoms with van der Waals surface area (Å²) in [6, 6.07) is 6.95. The van der Waals surface area contributed by atoms with Gasteiger partial charge in [-0.3, -0.25) is 0 Å². The van der Waals surface area contributed by atoms with Gasteiger partial charge in [-0.25, -0.2) is 0 Å². The lowest BCUT2D eigenvalue weighted by atomic mass is 9.88. The minimum Gasteiger partial charge on any atom is -0.464 e. The first-order chi connectivity index (χ1) is 8.09. The molecular weight excluding hydrogens is 218 g/mol. The highest BCUT2D eigenvalue weighted by molar-refractivity contribution is 5.78. The fourth-order valence-corrected chi connectivity index (χ4v) is 2.03. The van der Waals surface area contributed by atoms with Crippen LogP contribution >= 0.6 is 0 Å². The van der Waals surface area contributed by atoms with Crippen molar-refractivity contribution < 1.29 is 14.6 Å². The molecule has 0 radical (unpaired) electrons. The first-order valence-electron chi connectivity index (χ1n) is 5.58. The van der Waals surface area contributed by atoms with E-state index in [4.69, 9.17) is 4.42 Å². The van der Waals surface area contributed by atoms with Crippen LogP contribution in [0.1, 0.15) is 12.5 Å². The third kappa shape index (κ3) is 2.07. The summed E-state index contributed by atoms with van der Waals surface area (Å²) in [6.07, 6.45) is 1.62. The molecule has 92 valence electrons. The van der Waals surface area contributed by atoms with Gasteiger partial charge < -0.3 is 19.9 Å². The number of fused-ring (bicyclic) bond motifs is 1. The quantitative estimate of drug-likeness (QED) is 0.745. The molecule has 3 N–H and O–H groups in total. The van der Waals surface area contributed by atoms with Crippen LogP contribution in [-0.4, -0.2) is 29.9 Å². The summed E-state index contributed by atoms with van der Waals surface area (Å²) in [7, 11) is 1.71. The highest BCUT2D eigenvalue weighted by Crippen LogP contribution is 2.28. The van der Waals surface area contributed by atoms with Gasteiger partial charge in [-0.2, -0.15) is 0 Å².